The second-order valence-corrected chi connectivity index (χ2v) is 5.81. The molecule has 1 aliphatic rings. The van der Waals surface area contributed by atoms with Crippen LogP contribution in [0.2, 0.25) is 0 Å². The van der Waals surface area contributed by atoms with Gasteiger partial charge in [-0.05, 0) is 37.0 Å². The van der Waals surface area contributed by atoms with Gasteiger partial charge in [0.15, 0.2) is 0 Å². The lowest BCUT2D eigenvalue weighted by Gasteiger charge is -2.28. The van der Waals surface area contributed by atoms with Gasteiger partial charge in [0.2, 0.25) is 11.8 Å². The number of primary amides is 1. The Bertz CT molecular complexity index is 550. The first-order valence-corrected chi connectivity index (χ1v) is 7.48. The summed E-state index contributed by atoms with van der Waals surface area (Å²) in [5, 5.41) is 12.8. The molecule has 1 aromatic rings. The topological polar surface area (TPSA) is 92.4 Å². The Labute approximate surface area is 128 Å². The first-order chi connectivity index (χ1) is 10.5. The zero-order valence-corrected chi connectivity index (χ0v) is 12.3. The second kappa shape index (κ2) is 7.35. The predicted octanol–water partition coefficient (Wildman–Crippen LogP) is 1.41. The lowest BCUT2D eigenvalue weighted by molar-refractivity contribution is -0.126. The van der Waals surface area contributed by atoms with E-state index in [1.807, 2.05) is 0 Å². The maximum absolute atomic E-state index is 13.1. The number of benzene rings is 1. The van der Waals surface area contributed by atoms with Gasteiger partial charge in [-0.2, -0.15) is 0 Å². The highest BCUT2D eigenvalue weighted by Crippen LogP contribution is 2.24. The second-order valence-electron chi connectivity index (χ2n) is 5.81. The van der Waals surface area contributed by atoms with Crippen LogP contribution < -0.4 is 11.1 Å². The van der Waals surface area contributed by atoms with E-state index < -0.39 is 11.9 Å². The molecule has 3 atom stereocenters. The van der Waals surface area contributed by atoms with E-state index >= 15 is 0 Å². The molecule has 0 aromatic heterocycles. The molecule has 4 N–H and O–H groups in total. The van der Waals surface area contributed by atoms with Crippen molar-refractivity contribution in [3.63, 3.8) is 0 Å². The van der Waals surface area contributed by atoms with E-state index in [1.54, 1.807) is 6.07 Å². The van der Waals surface area contributed by atoms with E-state index in [0.29, 0.717) is 12.0 Å². The Morgan fingerprint density at radius 1 is 1.41 bits per heavy atom. The van der Waals surface area contributed by atoms with Crippen LogP contribution in [0.3, 0.4) is 0 Å². The van der Waals surface area contributed by atoms with Gasteiger partial charge in [-0.1, -0.05) is 18.6 Å². The summed E-state index contributed by atoms with van der Waals surface area (Å²) in [4.78, 5) is 23.2. The Hall–Kier alpha value is -1.95. The van der Waals surface area contributed by atoms with Crippen LogP contribution in [0.4, 0.5) is 4.39 Å². The van der Waals surface area contributed by atoms with E-state index in [-0.39, 0.29) is 30.2 Å². The third-order valence-corrected chi connectivity index (χ3v) is 4.05. The predicted molar refractivity (Wildman–Crippen MR) is 79.1 cm³/mol. The number of halogens is 1. The minimum Gasteiger partial charge on any atom is -0.388 e. The smallest absolute Gasteiger partial charge is 0.223 e. The lowest BCUT2D eigenvalue weighted by atomic mass is 9.85. The van der Waals surface area contributed by atoms with E-state index in [1.165, 1.54) is 18.2 Å². The third-order valence-electron chi connectivity index (χ3n) is 4.05. The molecular formula is C16H21FN2O3. The number of nitrogens with one attached hydrogen (secondary N) is 1. The molecule has 0 aliphatic heterocycles. The van der Waals surface area contributed by atoms with Crippen molar-refractivity contribution >= 4 is 11.8 Å². The maximum Gasteiger partial charge on any atom is 0.223 e. The molecule has 120 valence electrons. The molecule has 1 saturated carbocycles. The minimum absolute atomic E-state index is 0.0986. The van der Waals surface area contributed by atoms with Crippen molar-refractivity contribution in [3.8, 4) is 0 Å². The number of rotatable bonds is 5. The van der Waals surface area contributed by atoms with E-state index in [4.69, 9.17) is 5.73 Å². The number of amides is 2. The zero-order chi connectivity index (χ0) is 16.1. The van der Waals surface area contributed by atoms with Crippen LogP contribution >= 0.6 is 0 Å². The molecule has 2 rings (SSSR count). The summed E-state index contributed by atoms with van der Waals surface area (Å²) in [6.45, 7) is 0. The average Bonchev–Trinajstić information content (AvgIpc) is 2.47. The zero-order valence-electron chi connectivity index (χ0n) is 12.3. The molecule has 0 saturated heterocycles. The highest BCUT2D eigenvalue weighted by atomic mass is 19.1. The first-order valence-electron chi connectivity index (χ1n) is 7.48. The van der Waals surface area contributed by atoms with Gasteiger partial charge < -0.3 is 16.2 Å². The minimum atomic E-state index is -1.05. The van der Waals surface area contributed by atoms with E-state index in [2.05, 4.69) is 5.32 Å². The van der Waals surface area contributed by atoms with Gasteiger partial charge in [0.1, 0.15) is 5.82 Å². The molecule has 1 aliphatic carbocycles. The van der Waals surface area contributed by atoms with Gasteiger partial charge in [-0.3, -0.25) is 9.59 Å². The molecule has 0 bridgehead atoms. The molecule has 0 spiro atoms. The van der Waals surface area contributed by atoms with Crippen molar-refractivity contribution in [1.29, 1.82) is 0 Å². The largest absolute Gasteiger partial charge is 0.388 e. The normalized spacial score (nSPS) is 22.8. The van der Waals surface area contributed by atoms with Gasteiger partial charge in [-0.25, -0.2) is 4.39 Å². The summed E-state index contributed by atoms with van der Waals surface area (Å²) in [6.07, 6.45) is 1.74. The lowest BCUT2D eigenvalue weighted by Crippen LogP contribution is -2.41. The molecular weight excluding hydrogens is 287 g/mol. The molecule has 0 radical (unpaired) electrons. The first kappa shape index (κ1) is 16.4. The van der Waals surface area contributed by atoms with Crippen LogP contribution in [-0.2, 0) is 9.59 Å². The Kier molecular flexibility index (Phi) is 5.49. The van der Waals surface area contributed by atoms with Crippen LogP contribution in [0.25, 0.3) is 0 Å². The summed E-state index contributed by atoms with van der Waals surface area (Å²) in [5.74, 6) is -1.30. The van der Waals surface area contributed by atoms with Crippen molar-refractivity contribution in [3.05, 3.63) is 35.6 Å². The maximum atomic E-state index is 13.1. The summed E-state index contributed by atoms with van der Waals surface area (Å²) < 4.78 is 13.1. The monoisotopic (exact) mass is 308 g/mol. The van der Waals surface area contributed by atoms with Crippen LogP contribution in [-0.4, -0.2) is 23.0 Å². The number of carbonyl (C=O) groups excluding carboxylic acids is 2. The molecule has 1 fully saturated rings. The van der Waals surface area contributed by atoms with Gasteiger partial charge in [-0.15, -0.1) is 0 Å². The van der Waals surface area contributed by atoms with Crippen molar-refractivity contribution in [2.24, 2.45) is 11.7 Å². The molecule has 0 heterocycles. The highest BCUT2D eigenvalue weighted by molar-refractivity contribution is 5.78. The van der Waals surface area contributed by atoms with Crippen molar-refractivity contribution < 1.29 is 19.1 Å². The van der Waals surface area contributed by atoms with Crippen molar-refractivity contribution in [1.82, 2.24) is 5.32 Å². The Morgan fingerprint density at radius 3 is 2.86 bits per heavy atom. The SMILES string of the molecule is NC(=O)C1CCCC(NC(=O)CC(O)c2cccc(F)c2)C1. The van der Waals surface area contributed by atoms with Gasteiger partial charge in [0, 0.05) is 12.0 Å². The van der Waals surface area contributed by atoms with Crippen LogP contribution in [0.1, 0.15) is 43.8 Å². The number of aliphatic hydroxyl groups excluding tert-OH is 1. The van der Waals surface area contributed by atoms with Crippen molar-refractivity contribution in [2.75, 3.05) is 0 Å². The van der Waals surface area contributed by atoms with Crippen LogP contribution in [0, 0.1) is 11.7 Å². The summed E-state index contributed by atoms with van der Waals surface area (Å²) in [5.41, 5.74) is 5.67. The quantitative estimate of drug-likeness (QED) is 0.768. The molecule has 22 heavy (non-hydrogen) atoms. The van der Waals surface area contributed by atoms with Gasteiger partial charge in [0.25, 0.3) is 0 Å². The fourth-order valence-electron chi connectivity index (χ4n) is 2.87. The number of nitrogens with two attached hydrogens (primary N) is 1. The number of hydrogen-bond acceptors (Lipinski definition) is 3. The summed E-state index contributed by atoms with van der Waals surface area (Å²) in [7, 11) is 0. The number of carbonyl (C=O) groups is 2. The molecule has 3 unspecified atom stereocenters. The number of aliphatic hydroxyl groups is 1. The molecule has 5 nitrogen and oxygen atoms in total. The average molecular weight is 308 g/mol. The van der Waals surface area contributed by atoms with Crippen molar-refractivity contribution in [2.45, 2.75) is 44.2 Å². The van der Waals surface area contributed by atoms with Crippen LogP contribution in [0.15, 0.2) is 24.3 Å². The molecule has 1 aromatic carbocycles. The van der Waals surface area contributed by atoms with Gasteiger partial charge >= 0.3 is 0 Å². The highest BCUT2D eigenvalue weighted by Gasteiger charge is 2.27. The molecule has 2 amide bonds. The Balaban J connectivity index is 1.86. The summed E-state index contributed by atoms with van der Waals surface area (Å²) in [6, 6.07) is 5.46. The van der Waals surface area contributed by atoms with Gasteiger partial charge in [0.05, 0.1) is 12.5 Å². The number of hydrogen-bond donors (Lipinski definition) is 3. The standard InChI is InChI=1S/C16H21FN2O3/c17-12-5-1-3-10(7-12)14(20)9-15(21)19-13-6-2-4-11(8-13)16(18)22/h1,3,5,7,11,13-14,20H,2,4,6,8-9H2,(H2,18,22)(H,19,21). The van der Waals surface area contributed by atoms with Crippen LogP contribution in [0.5, 0.6) is 0 Å². The molecule has 6 heteroatoms. The summed E-state index contributed by atoms with van der Waals surface area (Å²) >= 11 is 0. The van der Waals surface area contributed by atoms with E-state index in [0.717, 1.165) is 19.3 Å². The fraction of sp³-hybridized carbons (Fsp3) is 0.500. The fourth-order valence-corrected chi connectivity index (χ4v) is 2.87. The Morgan fingerprint density at radius 2 is 2.18 bits per heavy atom. The van der Waals surface area contributed by atoms with E-state index in [9.17, 15) is 19.1 Å². The third kappa shape index (κ3) is 4.53.